The van der Waals surface area contributed by atoms with Crippen molar-refractivity contribution in [2.45, 2.75) is 32.2 Å². The predicted octanol–water partition coefficient (Wildman–Crippen LogP) is 4.66. The number of aryl methyl sites for hydroxylation is 1. The quantitative estimate of drug-likeness (QED) is 0.697. The molecular formula is C21H23FN4S. The fourth-order valence-corrected chi connectivity index (χ4v) is 4.33. The van der Waals surface area contributed by atoms with Crippen molar-refractivity contribution in [1.29, 1.82) is 0 Å². The normalized spacial score (nSPS) is 15.1. The lowest BCUT2D eigenvalue weighted by molar-refractivity contribution is 0.525. The first-order valence-electron chi connectivity index (χ1n) is 9.31. The van der Waals surface area contributed by atoms with Crippen LogP contribution in [0, 0.1) is 12.7 Å². The molecule has 0 saturated carbocycles. The van der Waals surface area contributed by atoms with E-state index in [0.29, 0.717) is 12.5 Å². The number of rotatable bonds is 5. The third-order valence-electron chi connectivity index (χ3n) is 4.88. The molecule has 1 saturated heterocycles. The number of aromatic nitrogens is 2. The van der Waals surface area contributed by atoms with E-state index in [2.05, 4.69) is 51.6 Å². The summed E-state index contributed by atoms with van der Waals surface area (Å²) in [5.74, 6) is -0.209. The second-order valence-corrected chi connectivity index (χ2v) is 8.10. The van der Waals surface area contributed by atoms with Gasteiger partial charge < -0.3 is 10.2 Å². The summed E-state index contributed by atoms with van der Waals surface area (Å²) >= 11 is 1.64. The van der Waals surface area contributed by atoms with Gasteiger partial charge in [-0.15, -0.1) is 10.2 Å². The van der Waals surface area contributed by atoms with Gasteiger partial charge in [0.15, 0.2) is 0 Å². The molecule has 27 heavy (non-hydrogen) atoms. The molecule has 1 aliphatic rings. The van der Waals surface area contributed by atoms with Gasteiger partial charge in [-0.3, -0.25) is 0 Å². The minimum Gasteiger partial charge on any atom is -0.382 e. The molecule has 0 amide bonds. The van der Waals surface area contributed by atoms with Crippen molar-refractivity contribution in [3.05, 3.63) is 70.5 Å². The Morgan fingerprint density at radius 1 is 1.11 bits per heavy atom. The van der Waals surface area contributed by atoms with Gasteiger partial charge in [0, 0.05) is 31.2 Å². The highest BCUT2D eigenvalue weighted by molar-refractivity contribution is 7.15. The summed E-state index contributed by atoms with van der Waals surface area (Å²) in [6, 6.07) is 15.6. The highest BCUT2D eigenvalue weighted by Gasteiger charge is 2.22. The molecule has 140 valence electrons. The Labute approximate surface area is 163 Å². The summed E-state index contributed by atoms with van der Waals surface area (Å²) in [4.78, 5) is 2.32. The summed E-state index contributed by atoms with van der Waals surface area (Å²) in [6.07, 6.45) is 2.87. The van der Waals surface area contributed by atoms with Crippen LogP contribution in [0.25, 0.3) is 0 Å². The number of anilines is 2. The lowest BCUT2D eigenvalue weighted by atomic mass is 10.0. The van der Waals surface area contributed by atoms with Crippen LogP contribution in [0.2, 0.25) is 0 Å². The molecule has 0 unspecified atom stereocenters. The maximum atomic E-state index is 13.0. The number of benzene rings is 2. The average Bonchev–Trinajstić information content (AvgIpc) is 3.13. The Bertz CT molecular complexity index is 885. The van der Waals surface area contributed by atoms with E-state index in [1.54, 1.807) is 23.5 Å². The average molecular weight is 383 g/mol. The molecule has 2 heterocycles. The molecule has 0 radical (unpaired) electrons. The van der Waals surface area contributed by atoms with Crippen molar-refractivity contribution in [1.82, 2.24) is 10.2 Å². The molecule has 6 heteroatoms. The third-order valence-corrected chi connectivity index (χ3v) is 5.86. The van der Waals surface area contributed by atoms with E-state index in [-0.39, 0.29) is 5.82 Å². The van der Waals surface area contributed by atoms with Gasteiger partial charge in [-0.2, -0.15) is 0 Å². The summed E-state index contributed by atoms with van der Waals surface area (Å²) in [7, 11) is 0. The molecule has 0 aliphatic carbocycles. The van der Waals surface area contributed by atoms with Crippen molar-refractivity contribution in [3.8, 4) is 0 Å². The first kappa shape index (κ1) is 17.9. The third kappa shape index (κ3) is 4.63. The SMILES string of the molecule is Cc1cccc(NC2CCN(c3nnc(Cc4ccc(F)cc4)s3)CC2)c1. The van der Waals surface area contributed by atoms with Crippen LogP contribution in [0.5, 0.6) is 0 Å². The van der Waals surface area contributed by atoms with Gasteiger partial charge in [0.05, 0.1) is 0 Å². The monoisotopic (exact) mass is 382 g/mol. The van der Waals surface area contributed by atoms with Gasteiger partial charge in [-0.25, -0.2) is 4.39 Å². The Hall–Kier alpha value is -2.47. The van der Waals surface area contributed by atoms with Gasteiger partial charge in [0.2, 0.25) is 5.13 Å². The van der Waals surface area contributed by atoms with E-state index in [1.165, 1.54) is 23.4 Å². The molecule has 2 aromatic carbocycles. The molecule has 4 rings (SSSR count). The standard InChI is InChI=1S/C21H23FN4S/c1-15-3-2-4-19(13-15)23-18-9-11-26(12-10-18)21-25-24-20(27-21)14-16-5-7-17(22)8-6-16/h2-8,13,18,23H,9-12,14H2,1H3. The topological polar surface area (TPSA) is 41.0 Å². The van der Waals surface area contributed by atoms with E-state index in [0.717, 1.165) is 41.6 Å². The molecule has 0 bridgehead atoms. The molecule has 1 fully saturated rings. The Kier molecular flexibility index (Phi) is 5.34. The largest absolute Gasteiger partial charge is 0.382 e. The maximum Gasteiger partial charge on any atom is 0.208 e. The van der Waals surface area contributed by atoms with E-state index >= 15 is 0 Å². The molecule has 1 N–H and O–H groups in total. The van der Waals surface area contributed by atoms with Crippen LogP contribution in [-0.2, 0) is 6.42 Å². The lowest BCUT2D eigenvalue weighted by Crippen LogP contribution is -2.39. The fraction of sp³-hybridized carbons (Fsp3) is 0.333. The van der Waals surface area contributed by atoms with E-state index in [9.17, 15) is 4.39 Å². The van der Waals surface area contributed by atoms with Crippen LogP contribution in [0.15, 0.2) is 48.5 Å². The predicted molar refractivity (Wildman–Crippen MR) is 109 cm³/mol. The molecule has 1 aliphatic heterocycles. The van der Waals surface area contributed by atoms with Crippen LogP contribution in [0.4, 0.5) is 15.2 Å². The van der Waals surface area contributed by atoms with Crippen molar-refractivity contribution in [3.63, 3.8) is 0 Å². The van der Waals surface area contributed by atoms with E-state index in [4.69, 9.17) is 0 Å². The minimum absolute atomic E-state index is 0.209. The number of halogens is 1. The van der Waals surface area contributed by atoms with Gasteiger partial charge in [0.1, 0.15) is 10.8 Å². The molecule has 1 aromatic heterocycles. The highest BCUT2D eigenvalue weighted by atomic mass is 32.1. The first-order chi connectivity index (χ1) is 13.2. The fourth-order valence-electron chi connectivity index (χ4n) is 3.41. The van der Waals surface area contributed by atoms with Crippen molar-refractivity contribution < 1.29 is 4.39 Å². The summed E-state index contributed by atoms with van der Waals surface area (Å²) in [5.41, 5.74) is 3.53. The van der Waals surface area contributed by atoms with Crippen LogP contribution < -0.4 is 10.2 Å². The van der Waals surface area contributed by atoms with Crippen LogP contribution in [0.3, 0.4) is 0 Å². The van der Waals surface area contributed by atoms with Gasteiger partial charge >= 0.3 is 0 Å². The van der Waals surface area contributed by atoms with E-state index < -0.39 is 0 Å². The lowest BCUT2D eigenvalue weighted by Gasteiger charge is -2.32. The van der Waals surface area contributed by atoms with Gasteiger partial charge in [-0.1, -0.05) is 35.6 Å². The van der Waals surface area contributed by atoms with Crippen LogP contribution in [-0.4, -0.2) is 29.3 Å². The molecule has 0 atom stereocenters. The molecule has 3 aromatic rings. The van der Waals surface area contributed by atoms with Crippen LogP contribution >= 0.6 is 11.3 Å². The first-order valence-corrected chi connectivity index (χ1v) is 10.1. The molecule has 4 nitrogen and oxygen atoms in total. The minimum atomic E-state index is -0.209. The zero-order valence-corrected chi connectivity index (χ0v) is 16.2. The van der Waals surface area contributed by atoms with Crippen molar-refractivity contribution in [2.24, 2.45) is 0 Å². The molecule has 0 spiro atoms. The van der Waals surface area contributed by atoms with Crippen LogP contribution in [0.1, 0.15) is 29.0 Å². The number of hydrogen-bond acceptors (Lipinski definition) is 5. The Morgan fingerprint density at radius 3 is 2.63 bits per heavy atom. The number of piperidine rings is 1. The number of nitrogens with zero attached hydrogens (tertiary/aromatic N) is 3. The second kappa shape index (κ2) is 8.05. The summed E-state index contributed by atoms with van der Waals surface area (Å²) in [6.45, 7) is 4.08. The van der Waals surface area contributed by atoms with Gasteiger partial charge in [0.25, 0.3) is 0 Å². The van der Waals surface area contributed by atoms with Crippen molar-refractivity contribution in [2.75, 3.05) is 23.3 Å². The smallest absolute Gasteiger partial charge is 0.208 e. The van der Waals surface area contributed by atoms with Gasteiger partial charge in [-0.05, 0) is 55.2 Å². The zero-order chi connectivity index (χ0) is 18.6. The highest BCUT2D eigenvalue weighted by Crippen LogP contribution is 2.26. The Balaban J connectivity index is 1.32. The van der Waals surface area contributed by atoms with Crippen molar-refractivity contribution >= 4 is 22.2 Å². The Morgan fingerprint density at radius 2 is 1.89 bits per heavy atom. The second-order valence-electron chi connectivity index (χ2n) is 7.06. The molecular weight excluding hydrogens is 359 g/mol. The maximum absolute atomic E-state index is 13.0. The summed E-state index contributed by atoms with van der Waals surface area (Å²) < 4.78 is 13.0. The number of nitrogens with one attached hydrogen (secondary N) is 1. The summed E-state index contributed by atoms with van der Waals surface area (Å²) in [5, 5.41) is 14.3. The number of hydrogen-bond donors (Lipinski definition) is 1. The van der Waals surface area contributed by atoms with E-state index in [1.807, 2.05) is 0 Å². The zero-order valence-electron chi connectivity index (χ0n) is 15.4.